The zero-order valence-electron chi connectivity index (χ0n) is 22.8. The van der Waals surface area contributed by atoms with Gasteiger partial charge in [0.2, 0.25) is 0 Å². The molecule has 0 atom stereocenters. The molecule has 196 valence electrons. The molecule has 0 amide bonds. The van der Waals surface area contributed by atoms with Crippen molar-refractivity contribution < 1.29 is 0 Å². The van der Waals surface area contributed by atoms with E-state index in [2.05, 4.69) is 149 Å². The third-order valence-corrected chi connectivity index (χ3v) is 8.52. The van der Waals surface area contributed by atoms with E-state index in [0.717, 1.165) is 17.0 Å². The molecule has 0 aliphatic heterocycles. The van der Waals surface area contributed by atoms with E-state index in [-0.39, 0.29) is 0 Å². The largest absolute Gasteiger partial charge is 0.309 e. The first-order valence-electron chi connectivity index (χ1n) is 14.3. The fourth-order valence-corrected chi connectivity index (χ4v) is 6.77. The number of pyridine rings is 1. The summed E-state index contributed by atoms with van der Waals surface area (Å²) in [6.45, 7) is 0. The van der Waals surface area contributed by atoms with Gasteiger partial charge in [0.1, 0.15) is 5.65 Å². The molecule has 0 unspecified atom stereocenters. The summed E-state index contributed by atoms with van der Waals surface area (Å²) in [6.07, 6.45) is 4.21. The van der Waals surface area contributed by atoms with Crippen LogP contribution in [-0.4, -0.2) is 14.0 Å². The van der Waals surface area contributed by atoms with Gasteiger partial charge >= 0.3 is 0 Å². The first kappa shape index (κ1) is 23.1. The highest BCUT2D eigenvalue weighted by molar-refractivity contribution is 6.21. The van der Waals surface area contributed by atoms with E-state index in [4.69, 9.17) is 4.98 Å². The minimum absolute atomic E-state index is 0.948. The van der Waals surface area contributed by atoms with Crippen LogP contribution in [0.4, 0.5) is 0 Å². The van der Waals surface area contributed by atoms with Crippen LogP contribution in [0.15, 0.2) is 152 Å². The lowest BCUT2D eigenvalue weighted by Crippen LogP contribution is -1.95. The Labute approximate surface area is 242 Å². The smallest absolute Gasteiger partial charge is 0.137 e. The molecule has 3 aromatic heterocycles. The lowest BCUT2D eigenvalue weighted by molar-refractivity contribution is 1.18. The van der Waals surface area contributed by atoms with Crippen LogP contribution in [0.25, 0.3) is 77.1 Å². The monoisotopic (exact) mass is 535 g/mol. The van der Waals surface area contributed by atoms with Crippen LogP contribution in [-0.2, 0) is 0 Å². The Bertz CT molecular complexity index is 2330. The Morgan fingerprint density at radius 3 is 1.62 bits per heavy atom. The highest BCUT2D eigenvalue weighted by Gasteiger charge is 2.19. The van der Waals surface area contributed by atoms with Gasteiger partial charge in [-0.1, -0.05) is 103 Å². The maximum Gasteiger partial charge on any atom is 0.137 e. The molecule has 0 fully saturated rings. The second-order valence-electron chi connectivity index (χ2n) is 10.9. The highest BCUT2D eigenvalue weighted by Crippen LogP contribution is 2.44. The summed E-state index contributed by atoms with van der Waals surface area (Å²) in [5, 5.41) is 7.40. The van der Waals surface area contributed by atoms with E-state index in [1.165, 1.54) is 60.0 Å². The van der Waals surface area contributed by atoms with E-state index in [1.54, 1.807) is 0 Å². The van der Waals surface area contributed by atoms with E-state index >= 15 is 0 Å². The summed E-state index contributed by atoms with van der Waals surface area (Å²) in [7, 11) is 0. The van der Waals surface area contributed by atoms with E-state index in [9.17, 15) is 0 Å². The zero-order chi connectivity index (χ0) is 27.6. The molecule has 3 heteroatoms. The van der Waals surface area contributed by atoms with Crippen LogP contribution in [0.1, 0.15) is 0 Å². The van der Waals surface area contributed by atoms with Gasteiger partial charge in [0.05, 0.1) is 16.7 Å². The van der Waals surface area contributed by atoms with Crippen molar-refractivity contribution in [2.75, 3.05) is 0 Å². The number of hydrogen-bond donors (Lipinski definition) is 0. The number of benzene rings is 6. The van der Waals surface area contributed by atoms with Crippen LogP contribution in [0.5, 0.6) is 0 Å². The fraction of sp³-hybridized carbons (Fsp3) is 0. The minimum Gasteiger partial charge on any atom is -0.309 e. The van der Waals surface area contributed by atoms with Crippen LogP contribution in [0.3, 0.4) is 0 Å². The lowest BCUT2D eigenvalue weighted by atomic mass is 9.87. The molecule has 42 heavy (non-hydrogen) atoms. The van der Waals surface area contributed by atoms with Gasteiger partial charge in [0, 0.05) is 34.4 Å². The molecular weight excluding hydrogens is 510 g/mol. The van der Waals surface area contributed by atoms with Crippen molar-refractivity contribution in [3.8, 4) is 28.1 Å². The number of imidazole rings is 1. The van der Waals surface area contributed by atoms with Crippen LogP contribution < -0.4 is 0 Å². The summed E-state index contributed by atoms with van der Waals surface area (Å²) in [5.41, 5.74) is 9.14. The molecule has 0 N–H and O–H groups in total. The molecule has 0 saturated carbocycles. The Morgan fingerprint density at radius 2 is 1.00 bits per heavy atom. The van der Waals surface area contributed by atoms with Crippen molar-refractivity contribution in [3.05, 3.63) is 152 Å². The molecule has 9 rings (SSSR count). The van der Waals surface area contributed by atoms with Gasteiger partial charge in [-0.15, -0.1) is 0 Å². The van der Waals surface area contributed by atoms with Crippen molar-refractivity contribution in [2.24, 2.45) is 0 Å². The molecular formula is C39H25N3. The summed E-state index contributed by atoms with van der Waals surface area (Å²) >= 11 is 0. The maximum absolute atomic E-state index is 5.05. The summed E-state index contributed by atoms with van der Waals surface area (Å²) in [4.78, 5) is 5.05. The Balaban J connectivity index is 1.35. The second kappa shape index (κ2) is 8.92. The third kappa shape index (κ3) is 3.31. The topological polar surface area (TPSA) is 22.2 Å². The number of para-hydroxylation sites is 2. The van der Waals surface area contributed by atoms with Crippen molar-refractivity contribution >= 4 is 49.0 Å². The zero-order valence-corrected chi connectivity index (χ0v) is 22.8. The molecule has 0 aliphatic carbocycles. The third-order valence-electron chi connectivity index (χ3n) is 8.52. The molecule has 0 radical (unpaired) electrons. The van der Waals surface area contributed by atoms with Crippen molar-refractivity contribution in [3.63, 3.8) is 0 Å². The normalized spacial score (nSPS) is 11.8. The predicted molar refractivity (Wildman–Crippen MR) is 175 cm³/mol. The second-order valence-corrected chi connectivity index (χ2v) is 10.9. The van der Waals surface area contributed by atoms with Gasteiger partial charge in [0.25, 0.3) is 0 Å². The van der Waals surface area contributed by atoms with E-state index < -0.39 is 0 Å². The SMILES string of the molecule is c1cc(-c2c3ccccc3c(-c3cn4ccccc4n3)c3ccccc23)cc(-n2c3ccccc3c3ccccc32)c1. The average molecular weight is 536 g/mol. The summed E-state index contributed by atoms with van der Waals surface area (Å²) in [6, 6.07) is 50.0. The maximum atomic E-state index is 5.05. The van der Waals surface area contributed by atoms with Crippen molar-refractivity contribution in [1.29, 1.82) is 0 Å². The first-order chi connectivity index (χ1) is 20.8. The lowest BCUT2D eigenvalue weighted by Gasteiger charge is -2.17. The molecule has 9 aromatic rings. The van der Waals surface area contributed by atoms with E-state index in [1.807, 2.05) is 12.1 Å². The molecule has 3 nitrogen and oxygen atoms in total. The van der Waals surface area contributed by atoms with Crippen molar-refractivity contribution in [2.45, 2.75) is 0 Å². The molecule has 0 bridgehead atoms. The molecule has 0 spiro atoms. The highest BCUT2D eigenvalue weighted by atomic mass is 15.0. The first-order valence-corrected chi connectivity index (χ1v) is 14.3. The molecule has 0 saturated heterocycles. The number of fused-ring (bicyclic) bond motifs is 6. The molecule has 3 heterocycles. The van der Waals surface area contributed by atoms with Crippen LogP contribution >= 0.6 is 0 Å². The van der Waals surface area contributed by atoms with Gasteiger partial charge in [-0.2, -0.15) is 0 Å². The van der Waals surface area contributed by atoms with Gasteiger partial charge in [-0.25, -0.2) is 4.98 Å². The Hall–Kier alpha value is -5.67. The van der Waals surface area contributed by atoms with Gasteiger partial charge in [-0.3, -0.25) is 0 Å². The number of aromatic nitrogens is 3. The quantitative estimate of drug-likeness (QED) is 0.206. The van der Waals surface area contributed by atoms with Crippen LogP contribution in [0, 0.1) is 0 Å². The Morgan fingerprint density at radius 1 is 0.452 bits per heavy atom. The minimum atomic E-state index is 0.948. The van der Waals surface area contributed by atoms with Gasteiger partial charge in [0.15, 0.2) is 0 Å². The fourth-order valence-electron chi connectivity index (χ4n) is 6.77. The average Bonchev–Trinajstić information content (AvgIpc) is 3.63. The van der Waals surface area contributed by atoms with E-state index in [0.29, 0.717) is 0 Å². The predicted octanol–water partition coefficient (Wildman–Crippen LogP) is 10.1. The summed E-state index contributed by atoms with van der Waals surface area (Å²) in [5.74, 6) is 0. The van der Waals surface area contributed by atoms with Gasteiger partial charge < -0.3 is 8.97 Å². The van der Waals surface area contributed by atoms with Crippen molar-refractivity contribution in [1.82, 2.24) is 14.0 Å². The number of rotatable bonds is 3. The standard InChI is InChI=1S/C39H25N3/c1-3-18-32-30(16-1)38(31-17-2-4-19-33(31)39(32)34-25-41-23-10-9-22-37(41)40-34)26-12-11-13-27(24-26)42-35-20-7-5-14-28(35)29-15-6-8-21-36(29)42/h1-25H. The van der Waals surface area contributed by atoms with Crippen LogP contribution in [0.2, 0.25) is 0 Å². The Kier molecular flexibility index (Phi) is 4.90. The molecule has 6 aromatic carbocycles. The van der Waals surface area contributed by atoms with Gasteiger partial charge in [-0.05, 0) is 69.1 Å². The molecule has 0 aliphatic rings. The summed E-state index contributed by atoms with van der Waals surface area (Å²) < 4.78 is 4.49. The number of hydrogen-bond acceptors (Lipinski definition) is 1. The number of nitrogens with zero attached hydrogens (tertiary/aromatic N) is 3.